The van der Waals surface area contributed by atoms with E-state index in [-0.39, 0.29) is 0 Å². The van der Waals surface area contributed by atoms with E-state index in [1.54, 1.807) is 0 Å². The van der Waals surface area contributed by atoms with Crippen LogP contribution in [0.15, 0.2) is 77.7 Å². The Morgan fingerprint density at radius 1 is 0.909 bits per heavy atom. The Kier molecular flexibility index (Phi) is 4.45. The highest BCUT2D eigenvalue weighted by molar-refractivity contribution is 8.00. The summed E-state index contributed by atoms with van der Waals surface area (Å²) in [6.07, 6.45) is 0.510. The smallest absolute Gasteiger partial charge is 0.317 e. The molecule has 0 spiro atoms. The summed E-state index contributed by atoms with van der Waals surface area (Å²) in [6.45, 7) is 0. The monoisotopic (exact) mass is 308 g/mol. The van der Waals surface area contributed by atoms with E-state index in [1.165, 1.54) is 11.8 Å². The highest BCUT2D eigenvalue weighted by Gasteiger charge is 2.20. The van der Waals surface area contributed by atoms with Crippen molar-refractivity contribution >= 4 is 28.5 Å². The van der Waals surface area contributed by atoms with Gasteiger partial charge in [-0.2, -0.15) is 0 Å². The zero-order chi connectivity index (χ0) is 15.4. The van der Waals surface area contributed by atoms with Crippen LogP contribution < -0.4 is 0 Å². The van der Waals surface area contributed by atoms with E-state index in [0.29, 0.717) is 6.42 Å². The summed E-state index contributed by atoms with van der Waals surface area (Å²) in [5.74, 6) is -0.776. The van der Waals surface area contributed by atoms with E-state index >= 15 is 0 Å². The first-order valence-corrected chi connectivity index (χ1v) is 8.03. The maximum absolute atomic E-state index is 11.6. The molecule has 1 atom stereocenters. The number of thioether (sulfide) groups is 1. The third-order valence-electron chi connectivity index (χ3n) is 3.58. The molecule has 0 saturated heterocycles. The number of carboxylic acids is 1. The van der Waals surface area contributed by atoms with Gasteiger partial charge in [0.05, 0.1) is 0 Å². The standard InChI is InChI=1S/C19H16O2S/c20-19(21)18(22-16-10-2-1-3-11-16)13-15-9-6-8-14-7-4-5-12-17(14)15/h1-12,18H,13H2,(H,20,21)/t18-/m0/s1. The lowest BCUT2D eigenvalue weighted by Crippen LogP contribution is -2.19. The van der Waals surface area contributed by atoms with Crippen LogP contribution in [-0.4, -0.2) is 16.3 Å². The van der Waals surface area contributed by atoms with Crippen LogP contribution in [0.1, 0.15) is 5.56 Å². The minimum absolute atomic E-state index is 0.492. The molecule has 0 bridgehead atoms. The molecule has 3 heteroatoms. The lowest BCUT2D eigenvalue weighted by Gasteiger charge is -2.14. The van der Waals surface area contributed by atoms with E-state index in [4.69, 9.17) is 0 Å². The van der Waals surface area contributed by atoms with E-state index in [2.05, 4.69) is 18.2 Å². The van der Waals surface area contributed by atoms with Crippen LogP contribution >= 0.6 is 11.8 Å². The molecule has 0 aliphatic carbocycles. The van der Waals surface area contributed by atoms with Crippen LogP contribution in [-0.2, 0) is 11.2 Å². The average molecular weight is 308 g/mol. The zero-order valence-electron chi connectivity index (χ0n) is 12.0. The van der Waals surface area contributed by atoms with Crippen LogP contribution in [0, 0.1) is 0 Å². The van der Waals surface area contributed by atoms with Gasteiger partial charge in [-0.25, -0.2) is 0 Å². The minimum Gasteiger partial charge on any atom is -0.480 e. The Morgan fingerprint density at radius 3 is 2.36 bits per heavy atom. The maximum atomic E-state index is 11.6. The average Bonchev–Trinajstić information content (AvgIpc) is 2.55. The minimum atomic E-state index is -0.776. The molecule has 0 fully saturated rings. The molecule has 0 aliphatic heterocycles. The molecule has 3 aromatic carbocycles. The Morgan fingerprint density at radius 2 is 1.59 bits per heavy atom. The van der Waals surface area contributed by atoms with Crippen molar-refractivity contribution < 1.29 is 9.90 Å². The van der Waals surface area contributed by atoms with Crippen molar-refractivity contribution in [3.63, 3.8) is 0 Å². The maximum Gasteiger partial charge on any atom is 0.317 e. The molecule has 2 nitrogen and oxygen atoms in total. The summed E-state index contributed by atoms with van der Waals surface area (Å²) >= 11 is 1.40. The van der Waals surface area contributed by atoms with Gasteiger partial charge in [-0.15, -0.1) is 11.8 Å². The Bertz CT molecular complexity index is 778. The molecule has 0 radical (unpaired) electrons. The largest absolute Gasteiger partial charge is 0.480 e. The van der Waals surface area contributed by atoms with Crippen molar-refractivity contribution in [1.82, 2.24) is 0 Å². The molecule has 0 aromatic heterocycles. The molecule has 0 amide bonds. The number of carboxylic acid groups (broad SMARTS) is 1. The second-order valence-corrected chi connectivity index (χ2v) is 6.38. The van der Waals surface area contributed by atoms with Crippen LogP contribution in [0.5, 0.6) is 0 Å². The van der Waals surface area contributed by atoms with Crippen LogP contribution in [0.4, 0.5) is 0 Å². The molecule has 0 heterocycles. The van der Waals surface area contributed by atoms with Gasteiger partial charge < -0.3 is 5.11 Å². The Labute approximate surface area is 133 Å². The fourth-order valence-electron chi connectivity index (χ4n) is 2.51. The molecular weight excluding hydrogens is 292 g/mol. The van der Waals surface area contributed by atoms with Crippen molar-refractivity contribution in [3.05, 3.63) is 78.4 Å². The summed E-state index contributed by atoms with van der Waals surface area (Å²) in [5, 5.41) is 11.3. The number of rotatable bonds is 5. The number of carbonyl (C=O) groups is 1. The number of hydrogen-bond donors (Lipinski definition) is 1. The van der Waals surface area contributed by atoms with Crippen LogP contribution in [0.3, 0.4) is 0 Å². The predicted octanol–water partition coefficient (Wildman–Crippen LogP) is 4.63. The third-order valence-corrected chi connectivity index (χ3v) is 4.78. The summed E-state index contributed by atoms with van der Waals surface area (Å²) in [6, 6.07) is 23.9. The summed E-state index contributed by atoms with van der Waals surface area (Å²) in [5.41, 5.74) is 1.08. The Hall–Kier alpha value is -2.26. The van der Waals surface area contributed by atoms with Crippen molar-refractivity contribution in [1.29, 1.82) is 0 Å². The predicted molar refractivity (Wildman–Crippen MR) is 91.4 cm³/mol. The summed E-state index contributed by atoms with van der Waals surface area (Å²) in [7, 11) is 0. The molecule has 0 saturated carbocycles. The van der Waals surface area contributed by atoms with Gasteiger partial charge in [0.1, 0.15) is 5.25 Å². The fraction of sp³-hybridized carbons (Fsp3) is 0.105. The second kappa shape index (κ2) is 6.67. The molecule has 0 unspecified atom stereocenters. The molecule has 1 N–H and O–H groups in total. The van der Waals surface area contributed by atoms with E-state index in [9.17, 15) is 9.90 Å². The number of aliphatic carboxylic acids is 1. The second-order valence-electron chi connectivity index (χ2n) is 5.10. The third kappa shape index (κ3) is 3.31. The van der Waals surface area contributed by atoms with Gasteiger partial charge in [-0.1, -0.05) is 60.7 Å². The zero-order valence-corrected chi connectivity index (χ0v) is 12.8. The first-order valence-electron chi connectivity index (χ1n) is 7.15. The van der Waals surface area contributed by atoms with Crippen molar-refractivity contribution in [2.45, 2.75) is 16.6 Å². The van der Waals surface area contributed by atoms with Gasteiger partial charge in [-0.3, -0.25) is 4.79 Å². The van der Waals surface area contributed by atoms with Crippen molar-refractivity contribution in [3.8, 4) is 0 Å². The molecule has 0 aliphatic rings. The Balaban J connectivity index is 1.88. The number of hydrogen-bond acceptors (Lipinski definition) is 2. The number of fused-ring (bicyclic) bond motifs is 1. The summed E-state index contributed by atoms with van der Waals surface area (Å²) in [4.78, 5) is 12.6. The molecule has 3 aromatic rings. The molecule has 22 heavy (non-hydrogen) atoms. The highest BCUT2D eigenvalue weighted by Crippen LogP contribution is 2.28. The van der Waals surface area contributed by atoms with E-state index in [0.717, 1.165) is 21.2 Å². The summed E-state index contributed by atoms with van der Waals surface area (Å²) < 4.78 is 0. The number of benzene rings is 3. The SMILES string of the molecule is O=C(O)[C@H](Cc1cccc2ccccc12)Sc1ccccc1. The lowest BCUT2D eigenvalue weighted by molar-refractivity contribution is -0.136. The van der Waals surface area contributed by atoms with E-state index < -0.39 is 11.2 Å². The van der Waals surface area contributed by atoms with Gasteiger partial charge in [0.15, 0.2) is 0 Å². The normalized spacial score (nSPS) is 12.2. The topological polar surface area (TPSA) is 37.3 Å². The van der Waals surface area contributed by atoms with Gasteiger partial charge in [0.25, 0.3) is 0 Å². The van der Waals surface area contributed by atoms with Crippen LogP contribution in [0.2, 0.25) is 0 Å². The van der Waals surface area contributed by atoms with Gasteiger partial charge in [0, 0.05) is 4.90 Å². The highest BCUT2D eigenvalue weighted by atomic mass is 32.2. The van der Waals surface area contributed by atoms with Gasteiger partial charge in [0.2, 0.25) is 0 Å². The van der Waals surface area contributed by atoms with Gasteiger partial charge in [-0.05, 0) is 34.9 Å². The first-order chi connectivity index (χ1) is 10.7. The fourth-order valence-corrected chi connectivity index (χ4v) is 3.52. The van der Waals surface area contributed by atoms with Crippen molar-refractivity contribution in [2.24, 2.45) is 0 Å². The lowest BCUT2D eigenvalue weighted by atomic mass is 10.0. The molecule has 3 rings (SSSR count). The van der Waals surface area contributed by atoms with Crippen LogP contribution in [0.25, 0.3) is 10.8 Å². The molecular formula is C19H16O2S. The van der Waals surface area contributed by atoms with Gasteiger partial charge >= 0.3 is 5.97 Å². The first kappa shape index (κ1) is 14.7. The quantitative estimate of drug-likeness (QED) is 0.698. The van der Waals surface area contributed by atoms with E-state index in [1.807, 2.05) is 54.6 Å². The van der Waals surface area contributed by atoms with Crippen molar-refractivity contribution in [2.75, 3.05) is 0 Å². The molecule has 110 valence electrons.